The predicted octanol–water partition coefficient (Wildman–Crippen LogP) is 8.66. The minimum absolute atomic E-state index is 0.0375. The molecule has 0 fully saturated rings. The fourth-order valence-electron chi connectivity index (χ4n) is 5.29. The van der Waals surface area contributed by atoms with Crippen molar-refractivity contribution in [3.05, 3.63) is 0 Å². The minimum atomic E-state index is -0.107. The van der Waals surface area contributed by atoms with E-state index in [0.717, 1.165) is 38.8 Å². The second-order valence-corrected chi connectivity index (χ2v) is 12.2. The summed E-state index contributed by atoms with van der Waals surface area (Å²) in [4.78, 5) is 30.0. The van der Waals surface area contributed by atoms with Crippen molar-refractivity contribution in [2.24, 2.45) is 11.8 Å². The Balaban J connectivity index is 4.70. The lowest BCUT2D eigenvalue weighted by Gasteiger charge is -2.28. The normalized spacial score (nSPS) is 13.8. The molecule has 0 aliphatic rings. The summed E-state index contributed by atoms with van der Waals surface area (Å²) in [6.45, 7) is 16.4. The maximum Gasteiger partial charge on any atom is 0.308 e. The van der Waals surface area contributed by atoms with Crippen LogP contribution in [0.4, 0.5) is 0 Å². The van der Waals surface area contributed by atoms with Crippen molar-refractivity contribution >= 4 is 11.9 Å². The summed E-state index contributed by atoms with van der Waals surface area (Å²) in [6.07, 6.45) is 19.8. The number of unbranched alkanes of at least 4 members (excludes halogenated alkanes) is 10. The third-order valence-corrected chi connectivity index (χ3v) is 8.81. The first-order valence-corrected chi connectivity index (χ1v) is 17.6. The molecule has 0 aliphatic heterocycles. The number of nitrogens with zero attached hydrogens (tertiary/aromatic N) is 2. The van der Waals surface area contributed by atoms with Crippen molar-refractivity contribution in [3.63, 3.8) is 0 Å². The van der Waals surface area contributed by atoms with E-state index < -0.39 is 0 Å². The van der Waals surface area contributed by atoms with Gasteiger partial charge in [0.15, 0.2) is 0 Å². The molecule has 0 aromatic carbocycles. The Labute approximate surface area is 255 Å². The van der Waals surface area contributed by atoms with E-state index in [1.807, 2.05) is 4.90 Å². The van der Waals surface area contributed by atoms with E-state index in [0.29, 0.717) is 32.0 Å². The molecule has 244 valence electrons. The highest BCUT2D eigenvalue weighted by Gasteiger charge is 2.21. The van der Waals surface area contributed by atoms with Gasteiger partial charge in [0.2, 0.25) is 5.91 Å². The molecule has 41 heavy (non-hydrogen) atoms. The van der Waals surface area contributed by atoms with Crippen LogP contribution in [0.15, 0.2) is 0 Å². The highest BCUT2D eigenvalue weighted by Crippen LogP contribution is 2.18. The number of carbonyl (C=O) groups excluding carboxylic acids is 2. The molecule has 3 unspecified atom stereocenters. The van der Waals surface area contributed by atoms with Gasteiger partial charge in [0.05, 0.1) is 19.1 Å². The van der Waals surface area contributed by atoms with E-state index in [1.165, 1.54) is 77.0 Å². The first-order chi connectivity index (χ1) is 19.8. The Kier molecular flexibility index (Phi) is 26.9. The van der Waals surface area contributed by atoms with Crippen molar-refractivity contribution < 1.29 is 19.1 Å². The van der Waals surface area contributed by atoms with Gasteiger partial charge in [0.1, 0.15) is 6.61 Å². The van der Waals surface area contributed by atoms with E-state index in [-0.39, 0.29) is 30.4 Å². The third-order valence-electron chi connectivity index (χ3n) is 8.81. The molecule has 0 aliphatic carbocycles. The Morgan fingerprint density at radius 2 is 1.27 bits per heavy atom. The van der Waals surface area contributed by atoms with Crippen LogP contribution >= 0.6 is 0 Å². The molecule has 0 rings (SSSR count). The number of amides is 1. The fourth-order valence-corrected chi connectivity index (χ4v) is 5.29. The van der Waals surface area contributed by atoms with E-state index in [2.05, 4.69) is 53.5 Å². The molecule has 0 aromatic heterocycles. The number of ether oxygens (including phenoxy) is 2. The van der Waals surface area contributed by atoms with Crippen molar-refractivity contribution in [3.8, 4) is 0 Å². The maximum atomic E-state index is 13.2. The standard InChI is InChI=1S/C35H70N2O4/c1-8-13-15-17-19-21-23-32(10-3)30-40-27-25-37(34(38)29-31(6)36(7)12-5)26-28-41-35(39)33(11-4)24-22-20-18-16-14-9-2/h31-33H,8-30H2,1-7H3. The zero-order valence-corrected chi connectivity index (χ0v) is 28.5. The zero-order valence-electron chi connectivity index (χ0n) is 28.5. The first-order valence-electron chi connectivity index (χ1n) is 17.6. The van der Waals surface area contributed by atoms with Gasteiger partial charge in [-0.05, 0) is 45.7 Å². The molecule has 0 saturated carbocycles. The average molecular weight is 583 g/mol. The second-order valence-electron chi connectivity index (χ2n) is 12.2. The van der Waals surface area contributed by atoms with Crippen LogP contribution in [0.2, 0.25) is 0 Å². The summed E-state index contributed by atoms with van der Waals surface area (Å²) in [5, 5.41) is 0. The predicted molar refractivity (Wildman–Crippen MR) is 174 cm³/mol. The van der Waals surface area contributed by atoms with E-state index in [1.54, 1.807) is 0 Å². The Bertz CT molecular complexity index is 615. The molecule has 0 bridgehead atoms. The van der Waals surface area contributed by atoms with Gasteiger partial charge in [-0.1, -0.05) is 118 Å². The van der Waals surface area contributed by atoms with Crippen LogP contribution in [-0.4, -0.2) is 74.2 Å². The van der Waals surface area contributed by atoms with Gasteiger partial charge in [-0.2, -0.15) is 0 Å². The Morgan fingerprint density at radius 1 is 0.707 bits per heavy atom. The monoisotopic (exact) mass is 583 g/mol. The molecule has 0 heterocycles. The Hall–Kier alpha value is -1.14. The summed E-state index contributed by atoms with van der Waals surface area (Å²) >= 11 is 0. The smallest absolute Gasteiger partial charge is 0.308 e. The molecule has 1 amide bonds. The Morgan fingerprint density at radius 3 is 1.83 bits per heavy atom. The van der Waals surface area contributed by atoms with E-state index in [4.69, 9.17) is 9.47 Å². The number of esters is 1. The van der Waals surface area contributed by atoms with Crippen molar-refractivity contribution in [1.29, 1.82) is 0 Å². The number of carbonyl (C=O) groups is 2. The highest BCUT2D eigenvalue weighted by molar-refractivity contribution is 5.77. The molecule has 0 aromatic rings. The van der Waals surface area contributed by atoms with Crippen LogP contribution in [0.1, 0.15) is 151 Å². The molecule has 6 nitrogen and oxygen atoms in total. The lowest BCUT2D eigenvalue weighted by molar-refractivity contribution is -0.151. The molecular formula is C35H70N2O4. The van der Waals surface area contributed by atoms with E-state index in [9.17, 15) is 9.59 Å². The third kappa shape index (κ3) is 21.2. The lowest BCUT2D eigenvalue weighted by Crippen LogP contribution is -2.41. The molecule has 0 radical (unpaired) electrons. The molecule has 0 saturated heterocycles. The van der Waals surface area contributed by atoms with Crippen LogP contribution in [0.3, 0.4) is 0 Å². The topological polar surface area (TPSA) is 59.1 Å². The van der Waals surface area contributed by atoms with Crippen LogP contribution in [0.25, 0.3) is 0 Å². The zero-order chi connectivity index (χ0) is 30.7. The van der Waals surface area contributed by atoms with Crippen molar-refractivity contribution in [2.45, 2.75) is 157 Å². The molecular weight excluding hydrogens is 512 g/mol. The number of hydrogen-bond acceptors (Lipinski definition) is 5. The SMILES string of the molecule is CCCCCCCCC(CC)COCCN(CCOC(=O)C(CC)CCCCCCCC)C(=O)CC(C)N(C)CC. The van der Waals surface area contributed by atoms with Gasteiger partial charge in [0.25, 0.3) is 0 Å². The summed E-state index contributed by atoms with van der Waals surface area (Å²) in [5.74, 6) is 0.548. The quantitative estimate of drug-likeness (QED) is 0.0652. The fraction of sp³-hybridized carbons (Fsp3) is 0.943. The van der Waals surface area contributed by atoms with Gasteiger partial charge in [-0.3, -0.25) is 9.59 Å². The largest absolute Gasteiger partial charge is 0.464 e. The maximum absolute atomic E-state index is 13.2. The van der Waals surface area contributed by atoms with Gasteiger partial charge in [0, 0.05) is 25.6 Å². The van der Waals surface area contributed by atoms with Gasteiger partial charge < -0.3 is 19.3 Å². The van der Waals surface area contributed by atoms with Crippen LogP contribution in [0.5, 0.6) is 0 Å². The summed E-state index contributed by atoms with van der Waals surface area (Å²) in [6, 6.07) is 0.169. The molecule has 6 heteroatoms. The van der Waals surface area contributed by atoms with Gasteiger partial charge in [-0.15, -0.1) is 0 Å². The van der Waals surface area contributed by atoms with Gasteiger partial charge in [-0.25, -0.2) is 0 Å². The number of hydrogen-bond donors (Lipinski definition) is 0. The summed E-state index contributed by atoms with van der Waals surface area (Å²) in [7, 11) is 2.05. The summed E-state index contributed by atoms with van der Waals surface area (Å²) < 4.78 is 11.8. The van der Waals surface area contributed by atoms with Crippen LogP contribution in [-0.2, 0) is 19.1 Å². The highest BCUT2D eigenvalue weighted by atomic mass is 16.5. The van der Waals surface area contributed by atoms with Gasteiger partial charge >= 0.3 is 5.97 Å². The minimum Gasteiger partial charge on any atom is -0.464 e. The van der Waals surface area contributed by atoms with Crippen molar-refractivity contribution in [2.75, 3.05) is 46.5 Å². The number of rotatable bonds is 29. The van der Waals surface area contributed by atoms with Crippen molar-refractivity contribution in [1.82, 2.24) is 9.80 Å². The lowest BCUT2D eigenvalue weighted by atomic mass is 9.98. The molecule has 0 spiro atoms. The average Bonchev–Trinajstić information content (AvgIpc) is 2.97. The first kappa shape index (κ1) is 39.9. The van der Waals surface area contributed by atoms with E-state index >= 15 is 0 Å². The van der Waals surface area contributed by atoms with Crippen LogP contribution < -0.4 is 0 Å². The second kappa shape index (κ2) is 27.7. The van der Waals surface area contributed by atoms with Crippen LogP contribution in [0, 0.1) is 11.8 Å². The summed E-state index contributed by atoms with van der Waals surface area (Å²) in [5.41, 5.74) is 0. The molecule has 3 atom stereocenters. The molecule has 0 N–H and O–H groups in total.